The van der Waals surface area contributed by atoms with Gasteiger partial charge in [0.2, 0.25) is 0 Å². The zero-order chi connectivity index (χ0) is 12.1. The highest BCUT2D eigenvalue weighted by molar-refractivity contribution is 7.67. The number of rotatable bonds is 5. The molecule has 0 saturated heterocycles. The predicted molar refractivity (Wildman–Crippen MR) is 58.4 cm³/mol. The number of hydrogen-bond donors (Lipinski definition) is 2. The van der Waals surface area contributed by atoms with E-state index in [0.717, 1.165) is 0 Å². The number of aromatic carboxylic acids is 1. The maximum Gasteiger partial charge on any atom is 0.337 e. The average molecular weight is 265 g/mol. The van der Waals surface area contributed by atoms with Gasteiger partial charge in [0.25, 0.3) is 11.0 Å². The Bertz CT molecular complexity index is 461. The lowest BCUT2D eigenvalue weighted by Crippen LogP contribution is -2.00. The zero-order valence-electron chi connectivity index (χ0n) is 8.05. The molecule has 88 valence electrons. The van der Waals surface area contributed by atoms with Crippen LogP contribution in [0.2, 0.25) is 5.02 Å². The summed E-state index contributed by atoms with van der Waals surface area (Å²) in [5.41, 5.74) is 0.730. The van der Waals surface area contributed by atoms with E-state index in [1.54, 1.807) is 6.07 Å². The van der Waals surface area contributed by atoms with Crippen LogP contribution in [0.15, 0.2) is 18.2 Å². The Hall–Kier alpha value is -1.11. The van der Waals surface area contributed by atoms with Gasteiger partial charge in [0.15, 0.2) is 0 Å². The molecule has 0 aliphatic rings. The summed E-state index contributed by atoms with van der Waals surface area (Å²) in [4.78, 5) is 10.6. The summed E-state index contributed by atoms with van der Waals surface area (Å²) in [6, 6.07) is 4.42. The molecule has 0 aliphatic heterocycles. The molecule has 0 fully saturated rings. The quantitative estimate of drug-likeness (QED) is 0.779. The molecule has 0 radical (unpaired) electrons. The number of hydrogen-bond acceptors (Lipinski definition) is 4. The van der Waals surface area contributed by atoms with E-state index in [2.05, 4.69) is 4.18 Å². The van der Waals surface area contributed by atoms with Gasteiger partial charge < -0.3 is 5.11 Å². The molecule has 1 rings (SSSR count). The topological polar surface area (TPSA) is 80.7 Å². The molecule has 0 unspecified atom stereocenters. The number of thiol groups is 1. The fourth-order valence-corrected chi connectivity index (χ4v) is 1.65. The molecule has 1 N–H and O–H groups in total. The van der Waals surface area contributed by atoms with Gasteiger partial charge in [-0.1, -0.05) is 17.7 Å². The van der Waals surface area contributed by atoms with E-state index >= 15 is 0 Å². The molecule has 16 heavy (non-hydrogen) atoms. The predicted octanol–water partition coefficient (Wildman–Crippen LogP) is 1.12. The maximum atomic E-state index is 10.6. The summed E-state index contributed by atoms with van der Waals surface area (Å²) >= 11 is 5.72. The van der Waals surface area contributed by atoms with Crippen molar-refractivity contribution in [2.75, 3.05) is 6.61 Å². The third-order valence-electron chi connectivity index (χ3n) is 1.85. The van der Waals surface area contributed by atoms with Crippen LogP contribution in [0, 0.1) is 0 Å². The molecule has 0 atom stereocenters. The third-order valence-corrected chi connectivity index (χ3v) is 2.56. The van der Waals surface area contributed by atoms with Crippen molar-refractivity contribution in [3.63, 3.8) is 0 Å². The lowest BCUT2D eigenvalue weighted by atomic mass is 10.1. The van der Waals surface area contributed by atoms with Crippen molar-refractivity contribution in [1.29, 1.82) is 0 Å². The smallest absolute Gasteiger partial charge is 0.337 e. The van der Waals surface area contributed by atoms with E-state index in [-0.39, 0.29) is 17.2 Å². The van der Waals surface area contributed by atoms with Crippen LogP contribution in [0.1, 0.15) is 15.9 Å². The van der Waals surface area contributed by atoms with E-state index < -0.39 is 17.0 Å². The molecule has 1 aromatic rings. The van der Waals surface area contributed by atoms with Crippen molar-refractivity contribution in [1.82, 2.24) is 0 Å². The van der Waals surface area contributed by atoms with Gasteiger partial charge in [0.05, 0.1) is 17.2 Å². The Morgan fingerprint density at radius 1 is 1.44 bits per heavy atom. The highest BCUT2D eigenvalue weighted by atomic mass is 35.5. The van der Waals surface area contributed by atoms with E-state index in [0.29, 0.717) is 12.0 Å². The first-order valence-electron chi connectivity index (χ1n) is 4.29. The summed E-state index contributed by atoms with van der Waals surface area (Å²) in [6.07, 6.45) is 0.350. The van der Waals surface area contributed by atoms with Gasteiger partial charge >= 0.3 is 5.97 Å². The Balaban J connectivity index is 2.70. The Morgan fingerprint density at radius 2 is 2.12 bits per heavy atom. The fourth-order valence-electron chi connectivity index (χ4n) is 1.13. The van der Waals surface area contributed by atoms with Crippen LogP contribution in [0.3, 0.4) is 0 Å². The monoisotopic (exact) mass is 264 g/mol. The minimum Gasteiger partial charge on any atom is -0.478 e. The van der Waals surface area contributed by atoms with Crippen LogP contribution in [-0.4, -0.2) is 26.1 Å². The van der Waals surface area contributed by atoms with E-state index in [4.69, 9.17) is 16.7 Å². The Labute approximate surface area is 98.8 Å². The van der Waals surface area contributed by atoms with Crippen LogP contribution < -0.4 is 0 Å². The minimum absolute atomic E-state index is 0.0150. The van der Waals surface area contributed by atoms with Gasteiger partial charge in [-0.25, -0.2) is 13.2 Å². The summed E-state index contributed by atoms with van der Waals surface area (Å²) < 4.78 is 24.6. The SMILES string of the molecule is O=C(O)c1ccc(CCO[SH](=O)=O)cc1Cl. The molecule has 0 aromatic heterocycles. The van der Waals surface area contributed by atoms with Crippen LogP contribution in [0.25, 0.3) is 0 Å². The van der Waals surface area contributed by atoms with E-state index in [9.17, 15) is 13.2 Å². The highest BCUT2D eigenvalue weighted by Crippen LogP contribution is 2.18. The molecular weight excluding hydrogens is 256 g/mol. The number of carbonyl (C=O) groups is 1. The van der Waals surface area contributed by atoms with Crippen molar-refractivity contribution in [2.24, 2.45) is 0 Å². The molecule has 0 amide bonds. The second-order valence-corrected chi connectivity index (χ2v) is 4.04. The van der Waals surface area contributed by atoms with E-state index in [1.807, 2.05) is 0 Å². The molecule has 7 heteroatoms. The molecule has 0 aliphatic carbocycles. The van der Waals surface area contributed by atoms with Gasteiger partial charge in [-0.15, -0.1) is 0 Å². The molecule has 5 nitrogen and oxygen atoms in total. The zero-order valence-corrected chi connectivity index (χ0v) is 9.70. The normalized spacial score (nSPS) is 10.6. The summed E-state index contributed by atoms with van der Waals surface area (Å²) in [5, 5.41) is 8.84. The van der Waals surface area contributed by atoms with Gasteiger partial charge in [0, 0.05) is 0 Å². The highest BCUT2D eigenvalue weighted by Gasteiger charge is 2.08. The van der Waals surface area contributed by atoms with Crippen molar-refractivity contribution in [3.05, 3.63) is 34.3 Å². The first-order chi connectivity index (χ1) is 7.50. The second-order valence-electron chi connectivity index (χ2n) is 2.93. The molecule has 0 bridgehead atoms. The molecule has 0 spiro atoms. The lowest BCUT2D eigenvalue weighted by Gasteiger charge is -2.03. The molecule has 0 heterocycles. The third kappa shape index (κ3) is 3.80. The van der Waals surface area contributed by atoms with Crippen LogP contribution in [0.4, 0.5) is 0 Å². The number of benzene rings is 1. The summed E-state index contributed by atoms with van der Waals surface area (Å²) in [5.74, 6) is -1.10. The van der Waals surface area contributed by atoms with Gasteiger partial charge in [0.1, 0.15) is 0 Å². The number of carboxylic acid groups (broad SMARTS) is 1. The van der Waals surface area contributed by atoms with Gasteiger partial charge in [-0.3, -0.25) is 4.18 Å². The van der Waals surface area contributed by atoms with Crippen molar-refractivity contribution >= 4 is 28.6 Å². The van der Waals surface area contributed by atoms with E-state index in [1.165, 1.54) is 12.1 Å². The van der Waals surface area contributed by atoms with Crippen LogP contribution in [0.5, 0.6) is 0 Å². The first-order valence-corrected chi connectivity index (χ1v) is 5.77. The van der Waals surface area contributed by atoms with Crippen molar-refractivity contribution in [2.45, 2.75) is 6.42 Å². The molecular formula is C9H9ClO5S. The lowest BCUT2D eigenvalue weighted by molar-refractivity contribution is 0.0697. The van der Waals surface area contributed by atoms with Crippen LogP contribution >= 0.6 is 11.6 Å². The maximum absolute atomic E-state index is 10.6. The fraction of sp³-hybridized carbons (Fsp3) is 0.222. The van der Waals surface area contributed by atoms with Crippen LogP contribution in [-0.2, 0) is 21.6 Å². The van der Waals surface area contributed by atoms with Crippen molar-refractivity contribution in [3.8, 4) is 0 Å². The standard InChI is InChI=1S/C9H9ClO5S/c10-8-5-6(3-4-15-16(13)14)1-2-7(8)9(11)12/h1-2,5,16H,3-4H2,(H,11,12). The molecule has 0 saturated carbocycles. The number of carboxylic acids is 1. The van der Waals surface area contributed by atoms with Gasteiger partial charge in [-0.05, 0) is 24.1 Å². The largest absolute Gasteiger partial charge is 0.478 e. The summed E-state index contributed by atoms with van der Waals surface area (Å²) in [6.45, 7) is 0.0153. The minimum atomic E-state index is -2.85. The van der Waals surface area contributed by atoms with Gasteiger partial charge in [-0.2, -0.15) is 0 Å². The van der Waals surface area contributed by atoms with Crippen molar-refractivity contribution < 1.29 is 22.5 Å². The Kier molecular flexibility index (Phi) is 4.72. The Morgan fingerprint density at radius 3 is 2.62 bits per heavy atom. The average Bonchev–Trinajstić information content (AvgIpc) is 2.16. The first kappa shape index (κ1) is 13.0. The summed E-state index contributed by atoms with van der Waals surface area (Å²) in [7, 11) is -2.85. The molecule has 1 aromatic carbocycles. The second kappa shape index (κ2) is 5.83. The number of halogens is 1.